The van der Waals surface area contributed by atoms with E-state index in [0.29, 0.717) is 5.92 Å². The van der Waals surface area contributed by atoms with Gasteiger partial charge in [-0.3, -0.25) is 0 Å². The lowest BCUT2D eigenvalue weighted by molar-refractivity contribution is 0.163. The Hall–Kier alpha value is -0.870. The highest BCUT2D eigenvalue weighted by atomic mass is 16.3. The second kappa shape index (κ2) is 5.78. The van der Waals surface area contributed by atoms with E-state index in [1.807, 2.05) is 13.1 Å². The topological polar surface area (TPSA) is 60.9 Å². The van der Waals surface area contributed by atoms with Crippen molar-refractivity contribution >= 4 is 0 Å². The SMILES string of the molecule is CC(O)CC(C)CNCc1cnc[nH]1. The van der Waals surface area contributed by atoms with Crippen molar-refractivity contribution in [2.24, 2.45) is 5.92 Å². The van der Waals surface area contributed by atoms with Crippen LogP contribution in [0.15, 0.2) is 12.5 Å². The first-order valence-corrected chi connectivity index (χ1v) is 5.04. The highest BCUT2D eigenvalue weighted by Crippen LogP contribution is 2.04. The fourth-order valence-corrected chi connectivity index (χ4v) is 1.50. The molecular weight excluding hydrogens is 178 g/mol. The number of aliphatic hydroxyl groups excluding tert-OH is 1. The van der Waals surface area contributed by atoms with Crippen LogP contribution in [0.4, 0.5) is 0 Å². The summed E-state index contributed by atoms with van der Waals surface area (Å²) in [7, 11) is 0. The van der Waals surface area contributed by atoms with Crippen LogP contribution in [-0.4, -0.2) is 27.7 Å². The molecule has 0 saturated carbocycles. The molecule has 0 radical (unpaired) electrons. The summed E-state index contributed by atoms with van der Waals surface area (Å²) >= 11 is 0. The van der Waals surface area contributed by atoms with Crippen molar-refractivity contribution in [3.05, 3.63) is 18.2 Å². The fourth-order valence-electron chi connectivity index (χ4n) is 1.50. The predicted molar refractivity (Wildman–Crippen MR) is 55.8 cm³/mol. The minimum atomic E-state index is -0.209. The largest absolute Gasteiger partial charge is 0.393 e. The first kappa shape index (κ1) is 11.2. The smallest absolute Gasteiger partial charge is 0.0922 e. The Morgan fingerprint density at radius 3 is 2.93 bits per heavy atom. The average molecular weight is 197 g/mol. The number of aromatic amines is 1. The summed E-state index contributed by atoms with van der Waals surface area (Å²) in [6, 6.07) is 0. The molecule has 0 fully saturated rings. The maximum Gasteiger partial charge on any atom is 0.0922 e. The molecule has 0 bridgehead atoms. The summed E-state index contributed by atoms with van der Waals surface area (Å²) in [5, 5.41) is 12.5. The Bertz CT molecular complexity index is 234. The van der Waals surface area contributed by atoms with E-state index in [2.05, 4.69) is 22.2 Å². The summed E-state index contributed by atoms with van der Waals surface area (Å²) in [5.41, 5.74) is 1.09. The van der Waals surface area contributed by atoms with Crippen molar-refractivity contribution in [2.45, 2.75) is 32.9 Å². The summed E-state index contributed by atoms with van der Waals surface area (Å²) < 4.78 is 0. The molecule has 14 heavy (non-hydrogen) atoms. The molecule has 0 amide bonds. The molecule has 1 aromatic rings. The highest BCUT2D eigenvalue weighted by Gasteiger charge is 2.05. The Balaban J connectivity index is 2.09. The van der Waals surface area contributed by atoms with E-state index in [1.165, 1.54) is 0 Å². The zero-order valence-electron chi connectivity index (χ0n) is 8.83. The van der Waals surface area contributed by atoms with Gasteiger partial charge in [0, 0.05) is 18.4 Å². The summed E-state index contributed by atoms with van der Waals surface area (Å²) in [6.07, 6.45) is 4.12. The van der Waals surface area contributed by atoms with Gasteiger partial charge in [-0.1, -0.05) is 6.92 Å². The van der Waals surface area contributed by atoms with Gasteiger partial charge in [-0.2, -0.15) is 0 Å². The Kier molecular flexibility index (Phi) is 4.62. The lowest BCUT2D eigenvalue weighted by atomic mass is 10.1. The van der Waals surface area contributed by atoms with Crippen molar-refractivity contribution < 1.29 is 5.11 Å². The minimum Gasteiger partial charge on any atom is -0.393 e. The number of hydrogen-bond donors (Lipinski definition) is 3. The molecule has 2 atom stereocenters. The van der Waals surface area contributed by atoms with E-state index < -0.39 is 0 Å². The average Bonchev–Trinajstić information content (AvgIpc) is 2.55. The van der Waals surface area contributed by atoms with E-state index in [0.717, 1.165) is 25.2 Å². The number of aromatic nitrogens is 2. The molecule has 2 unspecified atom stereocenters. The van der Waals surface area contributed by atoms with Gasteiger partial charge in [0.05, 0.1) is 12.4 Å². The van der Waals surface area contributed by atoms with Crippen LogP contribution in [0.3, 0.4) is 0 Å². The molecule has 1 aromatic heterocycles. The molecule has 0 aliphatic rings. The van der Waals surface area contributed by atoms with Crippen molar-refractivity contribution in [1.29, 1.82) is 0 Å². The third-order valence-corrected chi connectivity index (χ3v) is 2.11. The molecule has 80 valence electrons. The van der Waals surface area contributed by atoms with Crippen LogP contribution < -0.4 is 5.32 Å². The third kappa shape index (κ3) is 4.39. The van der Waals surface area contributed by atoms with Gasteiger partial charge in [0.1, 0.15) is 0 Å². The molecular formula is C10H19N3O. The van der Waals surface area contributed by atoms with E-state index in [1.54, 1.807) is 6.33 Å². The number of nitrogens with one attached hydrogen (secondary N) is 2. The van der Waals surface area contributed by atoms with E-state index in [9.17, 15) is 0 Å². The van der Waals surface area contributed by atoms with E-state index in [-0.39, 0.29) is 6.10 Å². The zero-order valence-corrected chi connectivity index (χ0v) is 8.83. The third-order valence-electron chi connectivity index (χ3n) is 2.11. The Morgan fingerprint density at radius 1 is 1.57 bits per heavy atom. The molecule has 0 aliphatic carbocycles. The fraction of sp³-hybridized carbons (Fsp3) is 0.700. The first-order valence-electron chi connectivity index (χ1n) is 5.04. The van der Waals surface area contributed by atoms with Crippen LogP contribution in [0.25, 0.3) is 0 Å². The van der Waals surface area contributed by atoms with Crippen LogP contribution in [0, 0.1) is 5.92 Å². The highest BCUT2D eigenvalue weighted by molar-refractivity contribution is 4.93. The van der Waals surface area contributed by atoms with Crippen LogP contribution in [-0.2, 0) is 6.54 Å². The summed E-state index contributed by atoms with van der Waals surface area (Å²) in [5.74, 6) is 0.498. The van der Waals surface area contributed by atoms with Crippen molar-refractivity contribution in [2.75, 3.05) is 6.54 Å². The molecule has 4 heteroatoms. The van der Waals surface area contributed by atoms with Crippen molar-refractivity contribution in [1.82, 2.24) is 15.3 Å². The predicted octanol–water partition coefficient (Wildman–Crippen LogP) is 0.906. The number of imidazole rings is 1. The van der Waals surface area contributed by atoms with Gasteiger partial charge in [0.25, 0.3) is 0 Å². The van der Waals surface area contributed by atoms with Gasteiger partial charge >= 0.3 is 0 Å². The van der Waals surface area contributed by atoms with E-state index in [4.69, 9.17) is 5.11 Å². The van der Waals surface area contributed by atoms with Crippen molar-refractivity contribution in [3.8, 4) is 0 Å². The Labute approximate surface area is 84.8 Å². The zero-order chi connectivity index (χ0) is 10.4. The minimum absolute atomic E-state index is 0.209. The second-order valence-corrected chi connectivity index (χ2v) is 3.90. The maximum atomic E-state index is 9.16. The summed E-state index contributed by atoms with van der Waals surface area (Å²) in [4.78, 5) is 6.96. The van der Waals surface area contributed by atoms with Gasteiger partial charge in [0.15, 0.2) is 0 Å². The number of nitrogens with zero attached hydrogens (tertiary/aromatic N) is 1. The number of H-pyrrole nitrogens is 1. The quantitative estimate of drug-likeness (QED) is 0.635. The van der Waals surface area contributed by atoms with Crippen LogP contribution >= 0.6 is 0 Å². The Morgan fingerprint density at radius 2 is 2.36 bits per heavy atom. The molecule has 0 saturated heterocycles. The standard InChI is InChI=1S/C10H19N3O/c1-8(3-9(2)14)4-11-5-10-6-12-7-13-10/h6-9,11,14H,3-5H2,1-2H3,(H,12,13). The van der Waals surface area contributed by atoms with Gasteiger partial charge in [-0.15, -0.1) is 0 Å². The lowest BCUT2D eigenvalue weighted by Crippen LogP contribution is -2.23. The molecule has 4 nitrogen and oxygen atoms in total. The van der Waals surface area contributed by atoms with Gasteiger partial charge in [-0.25, -0.2) is 4.98 Å². The van der Waals surface area contributed by atoms with Crippen LogP contribution in [0.1, 0.15) is 26.0 Å². The molecule has 0 aromatic carbocycles. The van der Waals surface area contributed by atoms with Crippen LogP contribution in [0.5, 0.6) is 0 Å². The second-order valence-electron chi connectivity index (χ2n) is 3.90. The summed E-state index contributed by atoms with van der Waals surface area (Å²) in [6.45, 7) is 5.69. The number of aliphatic hydroxyl groups is 1. The molecule has 1 rings (SSSR count). The van der Waals surface area contributed by atoms with Gasteiger partial charge in [0.2, 0.25) is 0 Å². The first-order chi connectivity index (χ1) is 6.68. The maximum absolute atomic E-state index is 9.16. The molecule has 0 spiro atoms. The molecule has 1 heterocycles. The van der Waals surface area contributed by atoms with Gasteiger partial charge in [-0.05, 0) is 25.8 Å². The lowest BCUT2D eigenvalue weighted by Gasteiger charge is -2.13. The van der Waals surface area contributed by atoms with Gasteiger partial charge < -0.3 is 15.4 Å². The number of hydrogen-bond acceptors (Lipinski definition) is 3. The normalized spacial score (nSPS) is 15.4. The van der Waals surface area contributed by atoms with E-state index >= 15 is 0 Å². The number of rotatable bonds is 6. The van der Waals surface area contributed by atoms with Crippen molar-refractivity contribution in [3.63, 3.8) is 0 Å². The van der Waals surface area contributed by atoms with Crippen LogP contribution in [0.2, 0.25) is 0 Å². The molecule has 0 aliphatic heterocycles. The molecule has 3 N–H and O–H groups in total. The monoisotopic (exact) mass is 197 g/mol.